The van der Waals surface area contributed by atoms with Crippen LogP contribution in [0.15, 0.2) is 24.3 Å². The molecule has 0 aliphatic heterocycles. The lowest BCUT2D eigenvalue weighted by Crippen LogP contribution is -2.34. The number of carbonyl (C=O) groups is 2. The molecule has 1 aromatic carbocycles. The maximum Gasteiger partial charge on any atom is 0.331 e. The Kier molecular flexibility index (Phi) is 4.36. The number of halogens is 2. The number of likely N-dealkylation sites (N-methyl/N-ethyl adjacent to an activating group) is 1. The van der Waals surface area contributed by atoms with Gasteiger partial charge in [0.2, 0.25) is 5.91 Å². The maximum absolute atomic E-state index is 12.4. The molecule has 0 radical (unpaired) electrons. The first-order chi connectivity index (χ1) is 8.34. The number of hydrogen-bond acceptors (Lipinski definition) is 2. The number of hydrogen-bond donors (Lipinski definition) is 1. The summed E-state index contributed by atoms with van der Waals surface area (Å²) in [7, 11) is 1.35. The first-order valence-electron chi connectivity index (χ1n) is 5.18. The van der Waals surface area contributed by atoms with Crippen molar-refractivity contribution >= 4 is 11.9 Å². The molecule has 0 bridgehead atoms. The number of amides is 1. The van der Waals surface area contributed by atoms with Crippen LogP contribution in [-0.4, -0.2) is 28.9 Å². The molecule has 6 heteroatoms. The molecule has 1 aromatic rings. The molecule has 0 aliphatic carbocycles. The fraction of sp³-hybridized carbons (Fsp3) is 0.333. The van der Waals surface area contributed by atoms with Crippen molar-refractivity contribution in [1.82, 2.24) is 4.90 Å². The van der Waals surface area contributed by atoms with Crippen LogP contribution in [0.4, 0.5) is 8.78 Å². The number of nitrogens with zero attached hydrogens (tertiary/aromatic N) is 1. The van der Waals surface area contributed by atoms with E-state index < -0.39 is 24.3 Å². The summed E-state index contributed by atoms with van der Waals surface area (Å²) in [4.78, 5) is 23.3. The number of rotatable bonds is 4. The number of carboxylic acids is 1. The van der Waals surface area contributed by atoms with Gasteiger partial charge in [-0.05, 0) is 5.56 Å². The minimum absolute atomic E-state index is 0.187. The first kappa shape index (κ1) is 14.1. The number of benzene rings is 1. The van der Waals surface area contributed by atoms with Crippen molar-refractivity contribution in [2.24, 2.45) is 0 Å². The highest BCUT2D eigenvalue weighted by molar-refractivity contribution is 5.83. The quantitative estimate of drug-likeness (QED) is 0.899. The van der Waals surface area contributed by atoms with Gasteiger partial charge in [0.05, 0.1) is 0 Å². The molecule has 18 heavy (non-hydrogen) atoms. The van der Waals surface area contributed by atoms with Gasteiger partial charge in [-0.25, -0.2) is 13.6 Å². The van der Waals surface area contributed by atoms with E-state index in [0.717, 1.165) is 17.0 Å². The van der Waals surface area contributed by atoms with Crippen LogP contribution < -0.4 is 0 Å². The molecule has 1 amide bonds. The third-order valence-electron chi connectivity index (χ3n) is 2.62. The Bertz CT molecular complexity index is 445. The summed E-state index contributed by atoms with van der Waals surface area (Å²) >= 11 is 0. The van der Waals surface area contributed by atoms with E-state index in [1.165, 1.54) is 26.1 Å². The van der Waals surface area contributed by atoms with Gasteiger partial charge < -0.3 is 10.0 Å². The molecule has 1 atom stereocenters. The molecule has 0 aromatic heterocycles. The van der Waals surface area contributed by atoms with Gasteiger partial charge in [-0.1, -0.05) is 24.3 Å². The van der Waals surface area contributed by atoms with Crippen LogP contribution in [0.1, 0.15) is 30.5 Å². The molecule has 1 unspecified atom stereocenters. The standard InChI is InChI=1S/C12H13F2NO3/c1-7(16)15(2)10(12(17)18)8-3-5-9(6-4-8)11(13)14/h3-6,10-11H,1-2H3,(H,17,18). The molecular formula is C12H13F2NO3. The van der Waals surface area contributed by atoms with E-state index in [1.807, 2.05) is 0 Å². The lowest BCUT2D eigenvalue weighted by Gasteiger charge is -2.23. The van der Waals surface area contributed by atoms with Gasteiger partial charge in [0.25, 0.3) is 6.43 Å². The zero-order chi connectivity index (χ0) is 13.9. The Hall–Kier alpha value is -1.98. The Balaban J connectivity index is 3.07. The van der Waals surface area contributed by atoms with Crippen LogP contribution in [0.2, 0.25) is 0 Å². The molecule has 1 rings (SSSR count). The summed E-state index contributed by atoms with van der Waals surface area (Å²) in [5.41, 5.74) is 0.0953. The summed E-state index contributed by atoms with van der Waals surface area (Å²) in [5, 5.41) is 9.08. The molecular weight excluding hydrogens is 244 g/mol. The van der Waals surface area contributed by atoms with Crippen molar-refractivity contribution in [2.75, 3.05) is 7.05 Å². The van der Waals surface area contributed by atoms with Gasteiger partial charge >= 0.3 is 5.97 Å². The van der Waals surface area contributed by atoms with E-state index in [0.29, 0.717) is 0 Å². The Morgan fingerprint density at radius 2 is 1.61 bits per heavy atom. The SMILES string of the molecule is CC(=O)N(C)C(C(=O)O)c1ccc(C(F)F)cc1. The number of alkyl halides is 2. The Labute approximate surface area is 103 Å². The van der Waals surface area contributed by atoms with Crippen LogP contribution in [0.25, 0.3) is 0 Å². The van der Waals surface area contributed by atoms with Crippen LogP contribution in [0.3, 0.4) is 0 Å². The second-order valence-electron chi connectivity index (χ2n) is 3.84. The fourth-order valence-electron chi connectivity index (χ4n) is 1.54. The van der Waals surface area contributed by atoms with Crippen LogP contribution >= 0.6 is 0 Å². The minimum atomic E-state index is -2.60. The maximum atomic E-state index is 12.4. The average molecular weight is 257 g/mol. The predicted octanol–water partition coefficient (Wildman–Crippen LogP) is 2.23. The van der Waals surface area contributed by atoms with Crippen LogP contribution in [0, 0.1) is 0 Å². The predicted molar refractivity (Wildman–Crippen MR) is 60.2 cm³/mol. The van der Waals surface area contributed by atoms with Gasteiger partial charge in [-0.2, -0.15) is 0 Å². The third-order valence-corrected chi connectivity index (χ3v) is 2.62. The van der Waals surface area contributed by atoms with Crippen molar-refractivity contribution < 1.29 is 23.5 Å². The van der Waals surface area contributed by atoms with Gasteiger partial charge in [0.15, 0.2) is 6.04 Å². The van der Waals surface area contributed by atoms with Gasteiger partial charge in [-0.3, -0.25) is 4.79 Å². The van der Waals surface area contributed by atoms with E-state index in [-0.39, 0.29) is 11.1 Å². The van der Waals surface area contributed by atoms with Crippen molar-refractivity contribution in [3.8, 4) is 0 Å². The van der Waals surface area contributed by atoms with Gasteiger partial charge in [0, 0.05) is 19.5 Å². The molecule has 0 heterocycles. The van der Waals surface area contributed by atoms with Crippen molar-refractivity contribution in [3.05, 3.63) is 35.4 Å². The second kappa shape index (κ2) is 5.57. The lowest BCUT2D eigenvalue weighted by molar-refractivity contribution is -0.148. The summed E-state index contributed by atoms with van der Waals surface area (Å²) in [5.74, 6) is -1.63. The average Bonchev–Trinajstić information content (AvgIpc) is 2.29. The van der Waals surface area contributed by atoms with Crippen LogP contribution in [-0.2, 0) is 9.59 Å². The highest BCUT2D eigenvalue weighted by Gasteiger charge is 2.26. The molecule has 0 aliphatic rings. The molecule has 98 valence electrons. The Morgan fingerprint density at radius 3 is 1.94 bits per heavy atom. The normalized spacial score (nSPS) is 12.3. The third kappa shape index (κ3) is 3.03. The Morgan fingerprint density at radius 1 is 1.17 bits per heavy atom. The lowest BCUT2D eigenvalue weighted by atomic mass is 10.0. The largest absolute Gasteiger partial charge is 0.479 e. The zero-order valence-electron chi connectivity index (χ0n) is 9.93. The smallest absolute Gasteiger partial charge is 0.331 e. The number of carboxylic acid groups (broad SMARTS) is 1. The molecule has 0 spiro atoms. The molecule has 0 saturated carbocycles. The monoisotopic (exact) mass is 257 g/mol. The van der Waals surface area contributed by atoms with Crippen LogP contribution in [0.5, 0.6) is 0 Å². The summed E-state index contributed by atoms with van der Waals surface area (Å²) < 4.78 is 24.7. The van der Waals surface area contributed by atoms with E-state index in [9.17, 15) is 18.4 Å². The van der Waals surface area contributed by atoms with Crippen molar-refractivity contribution in [2.45, 2.75) is 19.4 Å². The van der Waals surface area contributed by atoms with E-state index in [2.05, 4.69) is 0 Å². The highest BCUT2D eigenvalue weighted by atomic mass is 19.3. The summed E-state index contributed by atoms with van der Waals surface area (Å²) in [6, 6.07) is 3.72. The molecule has 0 fully saturated rings. The fourth-order valence-corrected chi connectivity index (χ4v) is 1.54. The van der Waals surface area contributed by atoms with Gasteiger partial charge in [0.1, 0.15) is 0 Å². The summed E-state index contributed by atoms with van der Waals surface area (Å²) in [6.07, 6.45) is -2.60. The summed E-state index contributed by atoms with van der Waals surface area (Å²) in [6.45, 7) is 1.24. The highest BCUT2D eigenvalue weighted by Crippen LogP contribution is 2.24. The number of aliphatic carboxylic acids is 1. The second-order valence-corrected chi connectivity index (χ2v) is 3.84. The minimum Gasteiger partial charge on any atom is -0.479 e. The van der Waals surface area contributed by atoms with E-state index in [1.54, 1.807) is 0 Å². The number of carbonyl (C=O) groups excluding carboxylic acids is 1. The first-order valence-corrected chi connectivity index (χ1v) is 5.18. The van der Waals surface area contributed by atoms with Crippen molar-refractivity contribution in [3.63, 3.8) is 0 Å². The van der Waals surface area contributed by atoms with Crippen molar-refractivity contribution in [1.29, 1.82) is 0 Å². The molecule has 0 saturated heterocycles. The topological polar surface area (TPSA) is 57.6 Å². The van der Waals surface area contributed by atoms with E-state index in [4.69, 9.17) is 5.11 Å². The van der Waals surface area contributed by atoms with E-state index >= 15 is 0 Å². The van der Waals surface area contributed by atoms with Gasteiger partial charge in [-0.15, -0.1) is 0 Å². The molecule has 4 nitrogen and oxygen atoms in total. The molecule has 1 N–H and O–H groups in total. The zero-order valence-corrected chi connectivity index (χ0v) is 9.93.